The van der Waals surface area contributed by atoms with Gasteiger partial charge in [0, 0.05) is 5.02 Å². The second-order valence-electron chi connectivity index (χ2n) is 4.58. The van der Waals surface area contributed by atoms with Crippen molar-refractivity contribution in [2.75, 3.05) is 13.2 Å². The molecule has 22 heavy (non-hydrogen) atoms. The van der Waals surface area contributed by atoms with E-state index in [1.54, 1.807) is 48.7 Å². The van der Waals surface area contributed by atoms with E-state index in [0.29, 0.717) is 35.3 Å². The van der Waals surface area contributed by atoms with E-state index in [1.807, 2.05) is 0 Å². The van der Waals surface area contributed by atoms with Gasteiger partial charge < -0.3 is 9.47 Å². The third kappa shape index (κ3) is 3.20. The summed E-state index contributed by atoms with van der Waals surface area (Å²) in [6, 6.07) is 12.3. The molecule has 0 bridgehead atoms. The number of fused-ring (bicyclic) bond motifs is 1. The summed E-state index contributed by atoms with van der Waals surface area (Å²) in [6.45, 7) is 0.901. The van der Waals surface area contributed by atoms with Gasteiger partial charge >= 0.3 is 0 Å². The van der Waals surface area contributed by atoms with Crippen LogP contribution in [0.4, 0.5) is 0 Å². The first kappa shape index (κ1) is 14.4. The van der Waals surface area contributed by atoms with E-state index in [2.05, 4.69) is 10.5 Å². The summed E-state index contributed by atoms with van der Waals surface area (Å²) in [5.41, 5.74) is 3.70. The highest BCUT2D eigenvalue weighted by molar-refractivity contribution is 6.30. The van der Waals surface area contributed by atoms with Crippen molar-refractivity contribution in [1.82, 2.24) is 5.43 Å². The molecule has 1 amide bonds. The topological polar surface area (TPSA) is 59.9 Å². The number of benzene rings is 2. The lowest BCUT2D eigenvalue weighted by molar-refractivity contribution is 0.0944. The van der Waals surface area contributed by atoms with Gasteiger partial charge in [-0.1, -0.05) is 29.8 Å². The number of carbonyl (C=O) groups is 1. The molecule has 0 saturated carbocycles. The van der Waals surface area contributed by atoms with Gasteiger partial charge in [-0.15, -0.1) is 0 Å². The maximum absolute atomic E-state index is 12.2. The fourth-order valence-electron chi connectivity index (χ4n) is 2.03. The molecule has 1 heterocycles. The van der Waals surface area contributed by atoms with Crippen LogP contribution in [0.3, 0.4) is 0 Å². The predicted octanol–water partition coefficient (Wildman–Crippen LogP) is 2.88. The van der Waals surface area contributed by atoms with Gasteiger partial charge in [0.15, 0.2) is 11.5 Å². The molecule has 112 valence electrons. The Bertz CT molecular complexity index is 714. The second kappa shape index (κ2) is 6.49. The SMILES string of the molecule is O=C(N/N=C\c1ccc(Cl)cc1)c1cccc2c1OCCO2. The molecule has 2 aromatic rings. The highest BCUT2D eigenvalue weighted by Gasteiger charge is 2.19. The van der Waals surface area contributed by atoms with E-state index < -0.39 is 0 Å². The largest absolute Gasteiger partial charge is 0.486 e. The zero-order valence-electron chi connectivity index (χ0n) is 11.6. The summed E-state index contributed by atoms with van der Waals surface area (Å²) in [4.78, 5) is 12.2. The molecule has 5 nitrogen and oxygen atoms in total. The highest BCUT2D eigenvalue weighted by Crippen LogP contribution is 2.33. The average Bonchev–Trinajstić information content (AvgIpc) is 2.56. The van der Waals surface area contributed by atoms with Crippen molar-refractivity contribution in [2.45, 2.75) is 0 Å². The Hall–Kier alpha value is -2.53. The summed E-state index contributed by atoms with van der Waals surface area (Å²) < 4.78 is 10.9. The summed E-state index contributed by atoms with van der Waals surface area (Å²) in [5.74, 6) is 0.668. The number of amides is 1. The Morgan fingerprint density at radius 3 is 2.73 bits per heavy atom. The molecular formula is C16H13ClN2O3. The van der Waals surface area contributed by atoms with Gasteiger partial charge in [0.2, 0.25) is 0 Å². The minimum absolute atomic E-state index is 0.354. The van der Waals surface area contributed by atoms with E-state index in [9.17, 15) is 4.79 Å². The third-order valence-corrected chi connectivity index (χ3v) is 3.31. The van der Waals surface area contributed by atoms with Gasteiger partial charge in [-0.05, 0) is 29.8 Å². The van der Waals surface area contributed by atoms with E-state index in [-0.39, 0.29) is 5.91 Å². The van der Waals surface area contributed by atoms with E-state index in [1.165, 1.54) is 0 Å². The minimum atomic E-state index is -0.354. The molecule has 1 aliphatic heterocycles. The molecule has 1 aliphatic rings. The van der Waals surface area contributed by atoms with Gasteiger partial charge in [-0.25, -0.2) is 5.43 Å². The first-order chi connectivity index (χ1) is 10.7. The first-order valence-corrected chi connectivity index (χ1v) is 7.09. The number of hydrogen-bond donors (Lipinski definition) is 1. The van der Waals surface area contributed by atoms with Crippen LogP contribution < -0.4 is 14.9 Å². The Morgan fingerprint density at radius 1 is 1.14 bits per heavy atom. The number of nitrogens with zero attached hydrogens (tertiary/aromatic N) is 1. The van der Waals surface area contributed by atoms with Crippen molar-refractivity contribution in [3.8, 4) is 11.5 Å². The molecule has 0 aliphatic carbocycles. The monoisotopic (exact) mass is 316 g/mol. The molecule has 0 radical (unpaired) electrons. The van der Waals surface area contributed by atoms with Gasteiger partial charge in [-0.3, -0.25) is 4.79 Å². The van der Waals surface area contributed by atoms with Crippen LogP contribution >= 0.6 is 11.6 Å². The molecule has 2 aromatic carbocycles. The molecule has 0 unspecified atom stereocenters. The van der Waals surface area contributed by atoms with Crippen LogP contribution in [0.15, 0.2) is 47.6 Å². The number of hydrogen-bond acceptors (Lipinski definition) is 4. The van der Waals surface area contributed by atoms with Gasteiger partial charge in [0.05, 0.1) is 11.8 Å². The van der Waals surface area contributed by atoms with Crippen LogP contribution in [-0.2, 0) is 0 Å². The maximum atomic E-state index is 12.2. The normalized spacial score (nSPS) is 13.1. The summed E-state index contributed by atoms with van der Waals surface area (Å²) in [6.07, 6.45) is 1.54. The molecule has 1 N–H and O–H groups in total. The Balaban J connectivity index is 1.71. The van der Waals surface area contributed by atoms with Crippen LogP contribution in [0.1, 0.15) is 15.9 Å². The van der Waals surface area contributed by atoms with Crippen LogP contribution in [0.5, 0.6) is 11.5 Å². The Kier molecular flexibility index (Phi) is 4.25. The van der Waals surface area contributed by atoms with Crippen molar-refractivity contribution in [1.29, 1.82) is 0 Å². The number of rotatable bonds is 3. The van der Waals surface area contributed by atoms with Gasteiger partial charge in [0.25, 0.3) is 5.91 Å². The van der Waals surface area contributed by atoms with Crippen LogP contribution in [0.2, 0.25) is 5.02 Å². The minimum Gasteiger partial charge on any atom is -0.486 e. The molecule has 6 heteroatoms. The highest BCUT2D eigenvalue weighted by atomic mass is 35.5. The maximum Gasteiger partial charge on any atom is 0.275 e. The number of carbonyl (C=O) groups excluding carboxylic acids is 1. The average molecular weight is 317 g/mol. The Morgan fingerprint density at radius 2 is 1.91 bits per heavy atom. The van der Waals surface area contributed by atoms with Crippen LogP contribution in [-0.4, -0.2) is 25.3 Å². The lowest BCUT2D eigenvalue weighted by Crippen LogP contribution is -2.22. The number of halogens is 1. The summed E-state index contributed by atoms with van der Waals surface area (Å²) in [5, 5.41) is 4.58. The lowest BCUT2D eigenvalue weighted by Gasteiger charge is -2.20. The van der Waals surface area contributed by atoms with Crippen LogP contribution in [0, 0.1) is 0 Å². The zero-order valence-corrected chi connectivity index (χ0v) is 12.3. The number of nitrogens with one attached hydrogen (secondary N) is 1. The number of para-hydroxylation sites is 1. The fraction of sp³-hybridized carbons (Fsp3) is 0.125. The molecule has 0 atom stereocenters. The molecule has 0 spiro atoms. The second-order valence-corrected chi connectivity index (χ2v) is 5.02. The van der Waals surface area contributed by atoms with Gasteiger partial charge in [0.1, 0.15) is 13.2 Å². The molecule has 0 saturated heterocycles. The molecular weight excluding hydrogens is 304 g/mol. The fourth-order valence-corrected chi connectivity index (χ4v) is 2.15. The third-order valence-electron chi connectivity index (χ3n) is 3.06. The van der Waals surface area contributed by atoms with E-state index in [0.717, 1.165) is 5.56 Å². The Labute approximate surface area is 132 Å². The molecule has 0 fully saturated rings. The van der Waals surface area contributed by atoms with E-state index >= 15 is 0 Å². The van der Waals surface area contributed by atoms with Crippen molar-refractivity contribution < 1.29 is 14.3 Å². The lowest BCUT2D eigenvalue weighted by atomic mass is 10.1. The predicted molar refractivity (Wildman–Crippen MR) is 83.9 cm³/mol. The van der Waals surface area contributed by atoms with E-state index in [4.69, 9.17) is 21.1 Å². The smallest absolute Gasteiger partial charge is 0.275 e. The first-order valence-electron chi connectivity index (χ1n) is 6.71. The number of ether oxygens (including phenoxy) is 2. The standard InChI is InChI=1S/C16H13ClN2O3/c17-12-6-4-11(5-7-12)10-18-19-16(20)13-2-1-3-14-15(13)22-9-8-21-14/h1-7,10H,8-9H2,(H,19,20)/b18-10-. The summed E-state index contributed by atoms with van der Waals surface area (Å²) >= 11 is 5.80. The van der Waals surface area contributed by atoms with Crippen molar-refractivity contribution in [2.24, 2.45) is 5.10 Å². The molecule has 0 aromatic heterocycles. The van der Waals surface area contributed by atoms with Gasteiger partial charge in [-0.2, -0.15) is 5.10 Å². The summed E-state index contributed by atoms with van der Waals surface area (Å²) in [7, 11) is 0. The quantitative estimate of drug-likeness (QED) is 0.699. The zero-order chi connectivity index (χ0) is 15.4. The number of hydrazone groups is 1. The van der Waals surface area contributed by atoms with Crippen LogP contribution in [0.25, 0.3) is 0 Å². The van der Waals surface area contributed by atoms with Crippen molar-refractivity contribution in [3.05, 3.63) is 58.6 Å². The molecule has 3 rings (SSSR count). The van der Waals surface area contributed by atoms with Crippen molar-refractivity contribution in [3.63, 3.8) is 0 Å². The van der Waals surface area contributed by atoms with Crippen molar-refractivity contribution >= 4 is 23.7 Å².